The van der Waals surface area contributed by atoms with Crippen LogP contribution >= 0.6 is 11.3 Å². The molecule has 2 heterocycles. The van der Waals surface area contributed by atoms with E-state index in [2.05, 4.69) is 14.7 Å². The third-order valence-electron chi connectivity index (χ3n) is 5.09. The number of pyridine rings is 1. The zero-order chi connectivity index (χ0) is 23.6. The van der Waals surface area contributed by atoms with Gasteiger partial charge in [0.2, 0.25) is 0 Å². The maximum absolute atomic E-state index is 13.9. The Hall–Kier alpha value is -3.10. The zero-order valence-electron chi connectivity index (χ0n) is 18.4. The molecule has 0 aliphatic heterocycles. The Morgan fingerprint density at radius 3 is 2.42 bits per heavy atom. The molecule has 4 aromatic rings. The quantitative estimate of drug-likeness (QED) is 0.315. The number of nitrogens with one attached hydrogen (secondary N) is 1. The van der Waals surface area contributed by atoms with E-state index in [-0.39, 0.29) is 0 Å². The molecule has 0 bridgehead atoms. The average molecular weight is 484 g/mol. The Morgan fingerprint density at radius 2 is 1.76 bits per heavy atom. The summed E-state index contributed by atoms with van der Waals surface area (Å²) < 4.78 is 44.4. The van der Waals surface area contributed by atoms with Gasteiger partial charge >= 0.3 is 0 Å². The molecule has 4 rings (SSSR count). The smallest absolute Gasteiger partial charge is 0.159 e. The van der Waals surface area contributed by atoms with Gasteiger partial charge in [0.15, 0.2) is 11.6 Å². The number of aryl methyl sites for hydroxylation is 1. The van der Waals surface area contributed by atoms with Gasteiger partial charge in [-0.3, -0.25) is 4.72 Å². The van der Waals surface area contributed by atoms with Gasteiger partial charge in [-0.1, -0.05) is 25.1 Å². The molecule has 0 aliphatic rings. The summed E-state index contributed by atoms with van der Waals surface area (Å²) >= 11 is 1.49. The van der Waals surface area contributed by atoms with Crippen LogP contribution in [0.4, 0.5) is 14.6 Å². The van der Waals surface area contributed by atoms with Crippen LogP contribution in [0.15, 0.2) is 71.8 Å². The Labute approximate surface area is 196 Å². The molecule has 2 aromatic heterocycles. The summed E-state index contributed by atoms with van der Waals surface area (Å²) in [6, 6.07) is 16.6. The fourth-order valence-electron chi connectivity index (χ4n) is 3.33. The van der Waals surface area contributed by atoms with Crippen molar-refractivity contribution >= 4 is 31.7 Å². The minimum absolute atomic E-state index is 0.449. The SMILES string of the molecule is CCc1nc(-c2ccc(F)c(F)c2)c(-c2ccnc(NS(=O)(=C(C)C)c3ccccc3)c2)s1. The maximum Gasteiger partial charge on any atom is 0.159 e. The van der Waals surface area contributed by atoms with Gasteiger partial charge in [-0.25, -0.2) is 23.0 Å². The number of thiazole rings is 1. The highest BCUT2D eigenvalue weighted by molar-refractivity contribution is 8.03. The zero-order valence-corrected chi connectivity index (χ0v) is 20.1. The molecule has 0 amide bonds. The molecule has 170 valence electrons. The molecule has 1 unspecified atom stereocenters. The minimum Gasteiger partial charge on any atom is -0.293 e. The monoisotopic (exact) mass is 483 g/mol. The highest BCUT2D eigenvalue weighted by atomic mass is 32.2. The first-order chi connectivity index (χ1) is 15.8. The van der Waals surface area contributed by atoms with E-state index in [1.165, 1.54) is 17.4 Å². The summed E-state index contributed by atoms with van der Waals surface area (Å²) in [6.07, 6.45) is 2.34. The lowest BCUT2D eigenvalue weighted by molar-refractivity contribution is 0.509. The molecule has 0 fully saturated rings. The number of hydrogen-bond acceptors (Lipinski definition) is 4. The Balaban J connectivity index is 1.79. The predicted octanol–water partition coefficient (Wildman–Crippen LogP) is 6.60. The molecule has 0 saturated heterocycles. The highest BCUT2D eigenvalue weighted by Gasteiger charge is 2.18. The van der Waals surface area contributed by atoms with Crippen molar-refractivity contribution in [2.24, 2.45) is 0 Å². The van der Waals surface area contributed by atoms with Gasteiger partial charge < -0.3 is 0 Å². The van der Waals surface area contributed by atoms with Crippen LogP contribution in [0.2, 0.25) is 0 Å². The first-order valence-corrected chi connectivity index (χ1v) is 12.8. The second-order valence-electron chi connectivity index (χ2n) is 7.58. The van der Waals surface area contributed by atoms with Crippen LogP contribution in [0.1, 0.15) is 25.8 Å². The van der Waals surface area contributed by atoms with E-state index in [0.29, 0.717) is 28.4 Å². The van der Waals surface area contributed by atoms with Crippen LogP contribution in [0.5, 0.6) is 0 Å². The molecule has 1 atom stereocenters. The lowest BCUT2D eigenvalue weighted by Gasteiger charge is -2.16. The first-order valence-electron chi connectivity index (χ1n) is 10.4. The van der Waals surface area contributed by atoms with E-state index < -0.39 is 21.3 Å². The van der Waals surface area contributed by atoms with Crippen LogP contribution in [0.25, 0.3) is 21.7 Å². The van der Waals surface area contributed by atoms with Gasteiger partial charge in [0.05, 0.1) is 25.3 Å². The molecular weight excluding hydrogens is 460 g/mol. The van der Waals surface area contributed by atoms with Crippen LogP contribution in [-0.2, 0) is 16.1 Å². The summed E-state index contributed by atoms with van der Waals surface area (Å²) in [6.45, 7) is 5.64. The molecule has 2 aromatic carbocycles. The third-order valence-corrected chi connectivity index (χ3v) is 8.92. The molecular formula is C25H23F2N3OS2. The largest absolute Gasteiger partial charge is 0.293 e. The fraction of sp³-hybridized carbons (Fsp3) is 0.160. The van der Waals surface area contributed by atoms with E-state index in [0.717, 1.165) is 32.4 Å². The van der Waals surface area contributed by atoms with Gasteiger partial charge in [-0.15, -0.1) is 11.3 Å². The van der Waals surface area contributed by atoms with E-state index >= 15 is 0 Å². The summed E-state index contributed by atoms with van der Waals surface area (Å²) in [5.74, 6) is -1.37. The van der Waals surface area contributed by atoms with Crippen molar-refractivity contribution in [3.05, 3.63) is 83.5 Å². The number of hydrogen-bond donors (Lipinski definition) is 1. The van der Waals surface area contributed by atoms with E-state index in [1.54, 1.807) is 6.20 Å². The number of anilines is 1. The Morgan fingerprint density at radius 1 is 1.00 bits per heavy atom. The molecule has 0 radical (unpaired) electrons. The standard InChI is InChI=1S/C25H23F2N3OS2/c1-4-23-29-24(17-10-11-20(26)21(27)14-17)25(32-23)18-12-13-28-22(15-18)30-33(31,16(2)3)19-8-6-5-7-9-19/h5-15H,4H2,1-3H3,(H,28,30,31). The normalized spacial score (nSPS) is 12.9. The molecule has 0 aliphatic carbocycles. The van der Waals surface area contributed by atoms with Crippen LogP contribution in [0, 0.1) is 11.6 Å². The topological polar surface area (TPSA) is 54.9 Å². The minimum atomic E-state index is -2.71. The average Bonchev–Trinajstić information content (AvgIpc) is 3.26. The second-order valence-corrected chi connectivity index (χ2v) is 11.3. The number of rotatable bonds is 6. The number of benzene rings is 2. The molecule has 0 spiro atoms. The summed E-state index contributed by atoms with van der Waals surface area (Å²) in [7, 11) is -2.71. The number of nitrogens with zero attached hydrogens (tertiary/aromatic N) is 2. The second kappa shape index (κ2) is 9.41. The fourth-order valence-corrected chi connectivity index (χ4v) is 6.10. The molecule has 4 nitrogen and oxygen atoms in total. The first kappa shape index (κ1) is 23.1. The van der Waals surface area contributed by atoms with Crippen LogP contribution < -0.4 is 4.72 Å². The van der Waals surface area contributed by atoms with Crippen molar-refractivity contribution in [3.8, 4) is 21.7 Å². The Bertz CT molecular complexity index is 1420. The van der Waals surface area contributed by atoms with Gasteiger partial charge in [0.25, 0.3) is 0 Å². The van der Waals surface area contributed by atoms with Gasteiger partial charge in [0.1, 0.15) is 5.82 Å². The van der Waals surface area contributed by atoms with Crippen LogP contribution in [-0.4, -0.2) is 19.0 Å². The number of aromatic nitrogens is 2. The van der Waals surface area contributed by atoms with Crippen LogP contribution in [0.3, 0.4) is 0 Å². The lowest BCUT2D eigenvalue weighted by Crippen LogP contribution is -2.20. The van der Waals surface area contributed by atoms with Gasteiger partial charge in [-0.2, -0.15) is 0 Å². The molecule has 33 heavy (non-hydrogen) atoms. The van der Waals surface area contributed by atoms with E-state index in [1.807, 2.05) is 63.2 Å². The van der Waals surface area contributed by atoms with Crippen molar-refractivity contribution in [1.29, 1.82) is 0 Å². The third kappa shape index (κ3) is 4.67. The maximum atomic E-state index is 13.9. The van der Waals surface area contributed by atoms with Crippen molar-refractivity contribution in [1.82, 2.24) is 9.97 Å². The summed E-state index contributed by atoms with van der Waals surface area (Å²) in [5.41, 5.74) is 1.87. The summed E-state index contributed by atoms with van der Waals surface area (Å²) in [4.78, 5) is 11.3. The summed E-state index contributed by atoms with van der Waals surface area (Å²) in [5, 5.41) is 0.877. The van der Waals surface area contributed by atoms with Crippen molar-refractivity contribution in [2.75, 3.05) is 4.72 Å². The van der Waals surface area contributed by atoms with Gasteiger partial charge in [-0.05, 0) is 73.2 Å². The van der Waals surface area contributed by atoms with Crippen molar-refractivity contribution in [3.63, 3.8) is 0 Å². The van der Waals surface area contributed by atoms with Gasteiger partial charge in [0, 0.05) is 16.7 Å². The molecule has 1 N–H and O–H groups in total. The molecule has 8 heteroatoms. The molecule has 0 saturated carbocycles. The lowest BCUT2D eigenvalue weighted by atomic mass is 10.1. The van der Waals surface area contributed by atoms with E-state index in [4.69, 9.17) is 0 Å². The Kier molecular flexibility index (Phi) is 6.58. The number of halogens is 2. The highest BCUT2D eigenvalue weighted by Crippen LogP contribution is 2.38. The van der Waals surface area contributed by atoms with E-state index in [9.17, 15) is 13.0 Å². The predicted molar refractivity (Wildman–Crippen MR) is 133 cm³/mol. The van der Waals surface area contributed by atoms with Crippen molar-refractivity contribution < 1.29 is 13.0 Å². The van der Waals surface area contributed by atoms with Crippen molar-refractivity contribution in [2.45, 2.75) is 32.1 Å².